The summed E-state index contributed by atoms with van der Waals surface area (Å²) in [4.78, 5) is 7.93. The van der Waals surface area contributed by atoms with Gasteiger partial charge in [0.2, 0.25) is 0 Å². The molecule has 2 heterocycles. The molecule has 20 heavy (non-hydrogen) atoms. The quantitative estimate of drug-likeness (QED) is 0.392. The molecule has 0 atom stereocenters. The molecule has 0 saturated heterocycles. The highest BCUT2D eigenvalue weighted by Crippen LogP contribution is 2.23. The molecular formula is C16H26N2S2. The van der Waals surface area contributed by atoms with Gasteiger partial charge in [-0.2, -0.15) is 0 Å². The number of thiophene rings is 1. The van der Waals surface area contributed by atoms with E-state index in [0.29, 0.717) is 0 Å². The van der Waals surface area contributed by atoms with Gasteiger partial charge in [-0.15, -0.1) is 11.3 Å². The Labute approximate surface area is 130 Å². The maximum Gasteiger partial charge on any atom is 0.166 e. The van der Waals surface area contributed by atoms with Crippen molar-refractivity contribution >= 4 is 34.1 Å². The predicted molar refractivity (Wildman–Crippen MR) is 91.9 cm³/mol. The minimum Gasteiger partial charge on any atom is -0.332 e. The highest BCUT2D eigenvalue weighted by molar-refractivity contribution is 7.99. The van der Waals surface area contributed by atoms with Crippen molar-refractivity contribution in [3.05, 3.63) is 10.8 Å². The zero-order valence-electron chi connectivity index (χ0n) is 12.5. The number of hydrogen-bond acceptors (Lipinski definition) is 3. The lowest BCUT2D eigenvalue weighted by atomic mass is 10.1. The molecule has 0 unspecified atom stereocenters. The molecule has 4 heteroatoms. The summed E-state index contributed by atoms with van der Waals surface area (Å²) in [6, 6.07) is 0. The number of hydrogen-bond donors (Lipinski definition) is 1. The van der Waals surface area contributed by atoms with E-state index in [0.717, 1.165) is 10.7 Å². The van der Waals surface area contributed by atoms with Crippen molar-refractivity contribution in [2.45, 2.75) is 69.9 Å². The van der Waals surface area contributed by atoms with Crippen molar-refractivity contribution < 1.29 is 0 Å². The molecule has 0 bridgehead atoms. The van der Waals surface area contributed by atoms with E-state index >= 15 is 0 Å². The number of unbranched alkanes of at least 4 members (excludes halogenated alkanes) is 8. The van der Waals surface area contributed by atoms with E-state index in [4.69, 9.17) is 0 Å². The molecule has 0 spiro atoms. The standard InChI is InChI=1S/C16H26N2S2/c1-2-3-4-5-6-7-8-9-10-11-20-16-17-14-12-19-13-15(14)18-16/h12-13H,2-11H2,1H3,(H,17,18). The second kappa shape index (κ2) is 9.46. The van der Waals surface area contributed by atoms with E-state index in [1.54, 1.807) is 11.3 Å². The summed E-state index contributed by atoms with van der Waals surface area (Å²) >= 11 is 3.57. The first kappa shape index (κ1) is 15.9. The van der Waals surface area contributed by atoms with Gasteiger partial charge in [0.25, 0.3) is 0 Å². The number of aromatic amines is 1. The summed E-state index contributed by atoms with van der Waals surface area (Å²) in [6.07, 6.45) is 12.6. The van der Waals surface area contributed by atoms with E-state index < -0.39 is 0 Å². The van der Waals surface area contributed by atoms with E-state index in [2.05, 4.69) is 27.7 Å². The summed E-state index contributed by atoms with van der Waals surface area (Å²) in [5.41, 5.74) is 2.30. The van der Waals surface area contributed by atoms with Crippen LogP contribution in [0.3, 0.4) is 0 Å². The second-order valence-electron chi connectivity index (χ2n) is 5.39. The van der Waals surface area contributed by atoms with Crippen LogP contribution in [0.2, 0.25) is 0 Å². The van der Waals surface area contributed by atoms with Gasteiger partial charge in [0.15, 0.2) is 5.16 Å². The third-order valence-electron chi connectivity index (χ3n) is 3.59. The topological polar surface area (TPSA) is 28.7 Å². The molecule has 0 aliphatic heterocycles. The molecule has 112 valence electrons. The van der Waals surface area contributed by atoms with Gasteiger partial charge < -0.3 is 4.98 Å². The summed E-state index contributed by atoms with van der Waals surface area (Å²) in [5, 5.41) is 5.32. The Balaban J connectivity index is 1.45. The molecule has 1 N–H and O–H groups in total. The lowest BCUT2D eigenvalue weighted by molar-refractivity contribution is 0.573. The maximum absolute atomic E-state index is 4.57. The first-order valence-electron chi connectivity index (χ1n) is 7.95. The molecule has 0 aliphatic rings. The number of nitrogens with zero attached hydrogens (tertiary/aromatic N) is 1. The van der Waals surface area contributed by atoms with Crippen LogP contribution in [0, 0.1) is 0 Å². The lowest BCUT2D eigenvalue weighted by Crippen LogP contribution is -1.84. The third-order valence-corrected chi connectivity index (χ3v) is 5.28. The summed E-state index contributed by atoms with van der Waals surface area (Å²) in [7, 11) is 0. The van der Waals surface area contributed by atoms with Crippen LogP contribution in [-0.2, 0) is 0 Å². The number of rotatable bonds is 11. The SMILES string of the molecule is CCCCCCCCCCCSc1nc2cscc2[nH]1. The van der Waals surface area contributed by atoms with Gasteiger partial charge in [-0.25, -0.2) is 4.98 Å². The minimum absolute atomic E-state index is 1.09. The fourth-order valence-corrected chi connectivity index (χ4v) is 3.95. The average molecular weight is 311 g/mol. The predicted octanol–water partition coefficient (Wildman–Crippen LogP) is 6.25. The summed E-state index contributed by atoms with van der Waals surface area (Å²) < 4.78 is 0. The molecule has 0 aliphatic carbocycles. The van der Waals surface area contributed by atoms with E-state index in [-0.39, 0.29) is 0 Å². The van der Waals surface area contributed by atoms with Crippen molar-refractivity contribution in [3.63, 3.8) is 0 Å². The molecule has 2 aromatic rings. The number of imidazole rings is 1. The van der Waals surface area contributed by atoms with Crippen LogP contribution in [-0.4, -0.2) is 15.7 Å². The fourth-order valence-electron chi connectivity index (χ4n) is 2.37. The van der Waals surface area contributed by atoms with Gasteiger partial charge in [-0.3, -0.25) is 0 Å². The normalized spacial score (nSPS) is 11.4. The second-order valence-corrected chi connectivity index (χ2v) is 7.22. The molecule has 0 radical (unpaired) electrons. The van der Waals surface area contributed by atoms with E-state index in [9.17, 15) is 0 Å². The van der Waals surface area contributed by atoms with Crippen LogP contribution in [0.4, 0.5) is 0 Å². The Bertz CT molecular complexity index is 447. The molecule has 0 aromatic carbocycles. The molecule has 2 nitrogen and oxygen atoms in total. The number of nitrogens with one attached hydrogen (secondary N) is 1. The minimum atomic E-state index is 1.09. The zero-order chi connectivity index (χ0) is 14.0. The fraction of sp³-hybridized carbons (Fsp3) is 0.688. The van der Waals surface area contributed by atoms with Gasteiger partial charge in [0, 0.05) is 16.5 Å². The van der Waals surface area contributed by atoms with Crippen LogP contribution in [0.5, 0.6) is 0 Å². The van der Waals surface area contributed by atoms with E-state index in [1.165, 1.54) is 69.1 Å². The van der Waals surface area contributed by atoms with Gasteiger partial charge in [-0.1, -0.05) is 70.1 Å². The summed E-state index contributed by atoms with van der Waals surface area (Å²) in [5.74, 6) is 1.19. The number of fused-ring (bicyclic) bond motifs is 1. The Morgan fingerprint density at radius 1 is 1.00 bits per heavy atom. The smallest absolute Gasteiger partial charge is 0.166 e. The lowest BCUT2D eigenvalue weighted by Gasteiger charge is -2.01. The zero-order valence-corrected chi connectivity index (χ0v) is 14.1. The number of thioether (sulfide) groups is 1. The monoisotopic (exact) mass is 310 g/mol. The van der Waals surface area contributed by atoms with Crippen molar-refractivity contribution in [2.24, 2.45) is 0 Å². The van der Waals surface area contributed by atoms with Crippen LogP contribution < -0.4 is 0 Å². The number of H-pyrrole nitrogens is 1. The van der Waals surface area contributed by atoms with Crippen molar-refractivity contribution in [1.29, 1.82) is 0 Å². The highest BCUT2D eigenvalue weighted by Gasteiger charge is 2.03. The van der Waals surface area contributed by atoms with Crippen LogP contribution in [0.15, 0.2) is 15.9 Å². The molecule has 0 amide bonds. The summed E-state index contributed by atoms with van der Waals surface area (Å²) in [6.45, 7) is 2.28. The Morgan fingerprint density at radius 2 is 1.70 bits per heavy atom. The van der Waals surface area contributed by atoms with Gasteiger partial charge in [-0.05, 0) is 6.42 Å². The van der Waals surface area contributed by atoms with Gasteiger partial charge in [0.1, 0.15) is 5.52 Å². The van der Waals surface area contributed by atoms with Gasteiger partial charge in [0.05, 0.1) is 5.52 Å². The third kappa shape index (κ3) is 5.49. The van der Waals surface area contributed by atoms with Crippen LogP contribution >= 0.6 is 23.1 Å². The molecule has 0 saturated carbocycles. The average Bonchev–Trinajstić information content (AvgIpc) is 3.02. The van der Waals surface area contributed by atoms with Crippen LogP contribution in [0.1, 0.15) is 64.7 Å². The Kier molecular flexibility index (Phi) is 7.52. The van der Waals surface area contributed by atoms with Crippen molar-refractivity contribution in [1.82, 2.24) is 9.97 Å². The van der Waals surface area contributed by atoms with Gasteiger partial charge >= 0.3 is 0 Å². The first-order valence-corrected chi connectivity index (χ1v) is 9.87. The van der Waals surface area contributed by atoms with Crippen molar-refractivity contribution in [2.75, 3.05) is 5.75 Å². The molecule has 0 fully saturated rings. The van der Waals surface area contributed by atoms with E-state index in [1.807, 2.05) is 11.8 Å². The largest absolute Gasteiger partial charge is 0.332 e. The molecule has 2 aromatic heterocycles. The highest BCUT2D eigenvalue weighted by atomic mass is 32.2. The Hall–Kier alpha value is -0.480. The first-order chi connectivity index (χ1) is 9.90. The number of aromatic nitrogens is 2. The van der Waals surface area contributed by atoms with Crippen LogP contribution in [0.25, 0.3) is 11.0 Å². The maximum atomic E-state index is 4.57. The van der Waals surface area contributed by atoms with Crippen molar-refractivity contribution in [3.8, 4) is 0 Å². The molecular weight excluding hydrogens is 284 g/mol. The Morgan fingerprint density at radius 3 is 2.40 bits per heavy atom. The molecule has 2 rings (SSSR count).